The molecular weight excluding hydrogens is 422 g/mol. The molecule has 3 aromatic heterocycles. The van der Waals surface area contributed by atoms with Crippen molar-refractivity contribution in [3.63, 3.8) is 0 Å². The maximum Gasteiger partial charge on any atom is 0.248 e. The molecule has 5 heterocycles. The van der Waals surface area contributed by atoms with Gasteiger partial charge in [-0.05, 0) is 38.8 Å². The number of hydrogen-bond acceptors (Lipinski definition) is 9. The molecule has 0 bridgehead atoms. The Hall–Kier alpha value is -2.63. The molecule has 2 aliphatic heterocycles. The van der Waals surface area contributed by atoms with Gasteiger partial charge in [0.05, 0.1) is 5.92 Å². The van der Waals surface area contributed by atoms with E-state index in [4.69, 9.17) is 13.7 Å². The second-order valence-corrected chi connectivity index (χ2v) is 10.0. The molecule has 1 atom stereocenters. The van der Waals surface area contributed by atoms with Crippen LogP contribution in [-0.4, -0.2) is 59.4 Å². The van der Waals surface area contributed by atoms with Crippen molar-refractivity contribution in [1.82, 2.24) is 24.6 Å². The van der Waals surface area contributed by atoms with Crippen LogP contribution in [-0.2, 0) is 14.8 Å². The van der Waals surface area contributed by atoms with E-state index in [1.807, 2.05) is 0 Å². The molecule has 5 rings (SSSR count). The van der Waals surface area contributed by atoms with Gasteiger partial charge in [0.15, 0.2) is 5.76 Å². The van der Waals surface area contributed by atoms with Crippen LogP contribution in [0.4, 0.5) is 0 Å². The van der Waals surface area contributed by atoms with Gasteiger partial charge in [0.25, 0.3) is 0 Å². The summed E-state index contributed by atoms with van der Waals surface area (Å²) in [6, 6.07) is 3.59. The zero-order valence-corrected chi connectivity index (χ0v) is 18.1. The molecule has 0 radical (unpaired) electrons. The van der Waals surface area contributed by atoms with Crippen molar-refractivity contribution in [1.29, 1.82) is 0 Å². The van der Waals surface area contributed by atoms with Crippen LogP contribution in [0.15, 0.2) is 38.4 Å². The SMILES string of the molecule is Cc1noc(C)c1S(=O)(=O)N1CC(c2nnc(-c3ccncc3)o2)C2(CCOCC2)C1. The largest absolute Gasteiger partial charge is 0.420 e. The van der Waals surface area contributed by atoms with E-state index in [-0.39, 0.29) is 22.8 Å². The number of aryl methyl sites for hydroxylation is 2. The third kappa shape index (κ3) is 3.36. The van der Waals surface area contributed by atoms with Crippen molar-refractivity contribution in [3.05, 3.63) is 41.9 Å². The molecule has 0 N–H and O–H groups in total. The number of nitrogens with zero attached hydrogens (tertiary/aromatic N) is 5. The molecule has 2 saturated heterocycles. The van der Waals surface area contributed by atoms with Crippen LogP contribution in [0.5, 0.6) is 0 Å². The van der Waals surface area contributed by atoms with Gasteiger partial charge in [-0.3, -0.25) is 4.98 Å². The Morgan fingerprint density at radius 2 is 1.87 bits per heavy atom. The normalized spacial score (nSPS) is 21.7. The molecule has 3 aromatic rings. The highest BCUT2D eigenvalue weighted by Gasteiger charge is 2.54. The quantitative estimate of drug-likeness (QED) is 0.595. The summed E-state index contributed by atoms with van der Waals surface area (Å²) in [6.45, 7) is 5.01. The van der Waals surface area contributed by atoms with Crippen molar-refractivity contribution in [2.24, 2.45) is 5.41 Å². The Labute approximate surface area is 179 Å². The van der Waals surface area contributed by atoms with E-state index in [9.17, 15) is 8.42 Å². The molecule has 2 fully saturated rings. The van der Waals surface area contributed by atoms with E-state index in [1.165, 1.54) is 4.31 Å². The Morgan fingerprint density at radius 3 is 2.55 bits per heavy atom. The lowest BCUT2D eigenvalue weighted by Crippen LogP contribution is -2.37. The third-order valence-electron chi connectivity index (χ3n) is 6.34. The molecule has 11 heteroatoms. The number of ether oxygens (including phenoxy) is 1. The van der Waals surface area contributed by atoms with Crippen LogP contribution in [0.2, 0.25) is 0 Å². The van der Waals surface area contributed by atoms with Gasteiger partial charge < -0.3 is 13.7 Å². The molecule has 1 spiro atoms. The highest BCUT2D eigenvalue weighted by Crippen LogP contribution is 2.50. The molecule has 0 amide bonds. The maximum atomic E-state index is 13.5. The number of sulfonamides is 1. The molecule has 2 aliphatic rings. The summed E-state index contributed by atoms with van der Waals surface area (Å²) in [4.78, 5) is 4.15. The molecular formula is C20H23N5O5S. The lowest BCUT2D eigenvalue weighted by Gasteiger charge is -2.36. The fraction of sp³-hybridized carbons (Fsp3) is 0.500. The lowest BCUT2D eigenvalue weighted by molar-refractivity contribution is 0.0112. The summed E-state index contributed by atoms with van der Waals surface area (Å²) >= 11 is 0. The summed E-state index contributed by atoms with van der Waals surface area (Å²) in [6.07, 6.45) is 4.76. The zero-order valence-electron chi connectivity index (χ0n) is 17.3. The van der Waals surface area contributed by atoms with E-state index in [1.54, 1.807) is 38.4 Å². The first kappa shape index (κ1) is 20.3. The van der Waals surface area contributed by atoms with Crippen molar-refractivity contribution in [3.8, 4) is 11.5 Å². The van der Waals surface area contributed by atoms with Crippen LogP contribution in [0.3, 0.4) is 0 Å². The summed E-state index contributed by atoms with van der Waals surface area (Å²) in [7, 11) is -3.78. The first-order chi connectivity index (χ1) is 14.9. The first-order valence-electron chi connectivity index (χ1n) is 10.2. The first-order valence-corrected chi connectivity index (χ1v) is 11.6. The number of hydrogen-bond donors (Lipinski definition) is 0. The fourth-order valence-electron chi connectivity index (χ4n) is 4.69. The Morgan fingerprint density at radius 1 is 1.13 bits per heavy atom. The van der Waals surface area contributed by atoms with E-state index in [0.717, 1.165) is 18.4 Å². The van der Waals surface area contributed by atoms with Gasteiger partial charge in [-0.2, -0.15) is 4.31 Å². The van der Waals surface area contributed by atoms with E-state index >= 15 is 0 Å². The topological polar surface area (TPSA) is 124 Å². The van der Waals surface area contributed by atoms with Gasteiger partial charge in [-0.1, -0.05) is 5.16 Å². The fourth-order valence-corrected chi connectivity index (χ4v) is 6.53. The maximum absolute atomic E-state index is 13.5. The van der Waals surface area contributed by atoms with Crippen molar-refractivity contribution in [2.75, 3.05) is 26.3 Å². The molecule has 0 aromatic carbocycles. The van der Waals surface area contributed by atoms with Crippen LogP contribution < -0.4 is 0 Å². The average Bonchev–Trinajstić information content (AvgIpc) is 3.47. The average molecular weight is 446 g/mol. The molecule has 0 aliphatic carbocycles. The molecule has 0 saturated carbocycles. The molecule has 1 unspecified atom stereocenters. The van der Waals surface area contributed by atoms with E-state index in [0.29, 0.717) is 43.0 Å². The minimum atomic E-state index is -3.78. The van der Waals surface area contributed by atoms with Gasteiger partial charge in [0.1, 0.15) is 10.6 Å². The summed E-state index contributed by atoms with van der Waals surface area (Å²) in [5.41, 5.74) is 0.805. The Kier molecular flexibility index (Phi) is 4.91. The number of pyridine rings is 1. The van der Waals surface area contributed by atoms with Crippen LogP contribution in [0, 0.1) is 19.3 Å². The minimum Gasteiger partial charge on any atom is -0.420 e. The Bertz CT molecular complexity index is 1160. The number of aromatic nitrogens is 4. The lowest BCUT2D eigenvalue weighted by atomic mass is 9.72. The van der Waals surface area contributed by atoms with Gasteiger partial charge in [-0.15, -0.1) is 10.2 Å². The van der Waals surface area contributed by atoms with Gasteiger partial charge in [0.2, 0.25) is 21.8 Å². The smallest absolute Gasteiger partial charge is 0.248 e. The third-order valence-corrected chi connectivity index (χ3v) is 8.39. The summed E-state index contributed by atoms with van der Waals surface area (Å²) < 4.78 is 45.2. The Balaban J connectivity index is 1.52. The van der Waals surface area contributed by atoms with Crippen molar-refractivity contribution < 1.29 is 22.1 Å². The van der Waals surface area contributed by atoms with Crippen molar-refractivity contribution >= 4 is 10.0 Å². The highest BCUT2D eigenvalue weighted by molar-refractivity contribution is 7.89. The van der Waals surface area contributed by atoms with Crippen LogP contribution in [0.1, 0.15) is 36.1 Å². The highest BCUT2D eigenvalue weighted by atomic mass is 32.2. The summed E-state index contributed by atoms with van der Waals surface area (Å²) in [5.74, 6) is 0.909. The molecule has 10 nitrogen and oxygen atoms in total. The van der Waals surface area contributed by atoms with Gasteiger partial charge in [-0.25, -0.2) is 8.42 Å². The zero-order chi connectivity index (χ0) is 21.6. The van der Waals surface area contributed by atoms with E-state index < -0.39 is 10.0 Å². The monoisotopic (exact) mass is 445 g/mol. The molecule has 164 valence electrons. The molecule has 31 heavy (non-hydrogen) atoms. The predicted molar refractivity (Wildman–Crippen MR) is 107 cm³/mol. The van der Waals surface area contributed by atoms with Crippen LogP contribution in [0.25, 0.3) is 11.5 Å². The van der Waals surface area contributed by atoms with Gasteiger partial charge >= 0.3 is 0 Å². The standard InChI is InChI=1S/C20H23N5O5S/c1-13-17(14(2)30-24-13)31(26,27)25-11-16(20(12-25)5-9-28-10-6-20)19-23-22-18(29-19)15-3-7-21-8-4-15/h3-4,7-8,16H,5-6,9-12H2,1-2H3. The van der Waals surface area contributed by atoms with Gasteiger partial charge in [0, 0.05) is 49.7 Å². The minimum absolute atomic E-state index is 0.137. The summed E-state index contributed by atoms with van der Waals surface area (Å²) in [5, 5.41) is 12.3. The van der Waals surface area contributed by atoms with Crippen molar-refractivity contribution in [2.45, 2.75) is 37.5 Å². The van der Waals surface area contributed by atoms with E-state index in [2.05, 4.69) is 20.3 Å². The van der Waals surface area contributed by atoms with Crippen LogP contribution >= 0.6 is 0 Å². The second-order valence-electron chi connectivity index (χ2n) is 8.16. The number of rotatable bonds is 4. The second kappa shape index (κ2) is 7.50. The predicted octanol–water partition coefficient (Wildman–Crippen LogP) is 2.32.